The van der Waals surface area contributed by atoms with E-state index in [1.54, 1.807) is 12.1 Å². The molecule has 1 saturated heterocycles. The molecule has 5 rings (SSSR count). The van der Waals surface area contributed by atoms with E-state index in [1.807, 2.05) is 17.0 Å². The molecule has 3 aliphatic rings. The number of nitrogens with zero attached hydrogens (tertiary/aromatic N) is 5. The lowest BCUT2D eigenvalue weighted by Crippen LogP contribution is -2.40. The minimum atomic E-state index is 0.0466. The van der Waals surface area contributed by atoms with Gasteiger partial charge >= 0.3 is 0 Å². The van der Waals surface area contributed by atoms with Gasteiger partial charge in [-0.2, -0.15) is 4.98 Å². The fourth-order valence-corrected chi connectivity index (χ4v) is 5.62. The second-order valence-electron chi connectivity index (χ2n) is 9.71. The largest absolute Gasteiger partial charge is 0.356 e. The van der Waals surface area contributed by atoms with Crippen LogP contribution in [0.1, 0.15) is 73.0 Å². The number of hydrogen-bond donors (Lipinski definition) is 0. The summed E-state index contributed by atoms with van der Waals surface area (Å²) in [6.45, 7) is 3.30. The summed E-state index contributed by atoms with van der Waals surface area (Å²) in [7, 11) is 2.16. The molecule has 176 valence electrons. The normalized spacial score (nSPS) is 19.3. The van der Waals surface area contributed by atoms with Gasteiger partial charge in [-0.15, -0.1) is 0 Å². The van der Waals surface area contributed by atoms with Gasteiger partial charge in [-0.1, -0.05) is 30.9 Å². The fourth-order valence-electron chi connectivity index (χ4n) is 5.49. The molecule has 0 unspecified atom stereocenters. The number of rotatable bonds is 4. The molecule has 1 aliphatic carbocycles. The standard InChI is InChI=1S/C26H34ClN5O/c1-30(21-8-4-2-5-9-21)26-28-23-14-17-32(25(33)19-10-12-20(27)13-11-19)18-22(23)24(29-26)31-15-6-3-7-16-31/h10-13,21H,2-9,14-18H2,1H3. The monoisotopic (exact) mass is 467 g/mol. The van der Waals surface area contributed by atoms with Crippen LogP contribution in [-0.4, -0.2) is 53.5 Å². The first-order valence-corrected chi connectivity index (χ1v) is 12.9. The molecule has 6 nitrogen and oxygen atoms in total. The highest BCUT2D eigenvalue weighted by atomic mass is 35.5. The predicted molar refractivity (Wildman–Crippen MR) is 133 cm³/mol. The first kappa shape index (κ1) is 22.5. The third-order valence-electron chi connectivity index (χ3n) is 7.50. The van der Waals surface area contributed by atoms with Crippen molar-refractivity contribution in [2.45, 2.75) is 70.4 Å². The van der Waals surface area contributed by atoms with Gasteiger partial charge < -0.3 is 14.7 Å². The number of hydrogen-bond acceptors (Lipinski definition) is 5. The molecule has 2 aromatic rings. The Morgan fingerprint density at radius 1 is 0.970 bits per heavy atom. The summed E-state index contributed by atoms with van der Waals surface area (Å²) in [5.41, 5.74) is 2.92. The lowest BCUT2D eigenvalue weighted by Gasteiger charge is -2.37. The number of halogens is 1. The smallest absolute Gasteiger partial charge is 0.254 e. The van der Waals surface area contributed by atoms with E-state index in [2.05, 4.69) is 16.8 Å². The third kappa shape index (κ3) is 4.81. The Morgan fingerprint density at radius 2 is 1.67 bits per heavy atom. The molecular formula is C26H34ClN5O. The van der Waals surface area contributed by atoms with Crippen molar-refractivity contribution in [3.05, 3.63) is 46.1 Å². The molecule has 0 spiro atoms. The molecule has 2 fully saturated rings. The van der Waals surface area contributed by atoms with Gasteiger partial charge in [0, 0.05) is 55.3 Å². The fraction of sp³-hybridized carbons (Fsp3) is 0.577. The number of anilines is 2. The molecule has 1 aromatic carbocycles. The molecule has 0 bridgehead atoms. The Hall–Kier alpha value is -2.34. The van der Waals surface area contributed by atoms with E-state index < -0.39 is 0 Å². The lowest BCUT2D eigenvalue weighted by molar-refractivity contribution is 0.0733. The average Bonchev–Trinajstić information content (AvgIpc) is 2.88. The second kappa shape index (κ2) is 9.88. The minimum absolute atomic E-state index is 0.0466. The van der Waals surface area contributed by atoms with Crippen molar-refractivity contribution in [2.75, 3.05) is 36.5 Å². The van der Waals surface area contributed by atoms with E-state index >= 15 is 0 Å². The summed E-state index contributed by atoms with van der Waals surface area (Å²) in [5, 5.41) is 0.644. The van der Waals surface area contributed by atoms with E-state index in [-0.39, 0.29) is 5.91 Å². The van der Waals surface area contributed by atoms with Crippen LogP contribution in [0, 0.1) is 0 Å². The van der Waals surface area contributed by atoms with Crippen molar-refractivity contribution in [1.29, 1.82) is 0 Å². The average molecular weight is 468 g/mol. The molecule has 2 aliphatic heterocycles. The van der Waals surface area contributed by atoms with E-state index in [0.717, 1.165) is 42.5 Å². The number of carbonyl (C=O) groups excluding carboxylic acids is 1. The molecule has 0 atom stereocenters. The van der Waals surface area contributed by atoms with Crippen molar-refractivity contribution >= 4 is 29.3 Å². The van der Waals surface area contributed by atoms with Crippen LogP contribution in [0.15, 0.2) is 24.3 Å². The Balaban J connectivity index is 1.45. The van der Waals surface area contributed by atoms with Crippen LogP contribution in [-0.2, 0) is 13.0 Å². The van der Waals surface area contributed by atoms with Crippen LogP contribution in [0.2, 0.25) is 5.02 Å². The summed E-state index contributed by atoms with van der Waals surface area (Å²) in [6.07, 6.45) is 10.8. The summed E-state index contributed by atoms with van der Waals surface area (Å²) in [4.78, 5) is 30.1. The van der Waals surface area contributed by atoms with Gasteiger partial charge in [-0.3, -0.25) is 4.79 Å². The van der Waals surface area contributed by atoms with Crippen molar-refractivity contribution in [3.8, 4) is 0 Å². The second-order valence-corrected chi connectivity index (χ2v) is 10.1. The van der Waals surface area contributed by atoms with Crippen LogP contribution in [0.5, 0.6) is 0 Å². The molecule has 0 radical (unpaired) electrons. The Kier molecular flexibility index (Phi) is 6.72. The summed E-state index contributed by atoms with van der Waals surface area (Å²) in [5.74, 6) is 1.95. The van der Waals surface area contributed by atoms with Gasteiger partial charge in [0.25, 0.3) is 5.91 Å². The molecule has 1 aromatic heterocycles. The van der Waals surface area contributed by atoms with Gasteiger partial charge in [0.15, 0.2) is 0 Å². The Labute approximate surface area is 201 Å². The van der Waals surface area contributed by atoms with E-state index in [0.29, 0.717) is 29.7 Å². The van der Waals surface area contributed by atoms with Crippen molar-refractivity contribution < 1.29 is 4.79 Å². The lowest BCUT2D eigenvalue weighted by atomic mass is 9.95. The van der Waals surface area contributed by atoms with Gasteiger partial charge in [-0.25, -0.2) is 4.98 Å². The molecule has 33 heavy (non-hydrogen) atoms. The van der Waals surface area contributed by atoms with Crippen LogP contribution in [0.3, 0.4) is 0 Å². The predicted octanol–water partition coefficient (Wildman–Crippen LogP) is 5.09. The van der Waals surface area contributed by atoms with Crippen molar-refractivity contribution in [3.63, 3.8) is 0 Å². The molecule has 1 saturated carbocycles. The highest BCUT2D eigenvalue weighted by Crippen LogP contribution is 2.33. The van der Waals surface area contributed by atoms with E-state index in [4.69, 9.17) is 21.6 Å². The highest BCUT2D eigenvalue weighted by molar-refractivity contribution is 6.30. The number of fused-ring (bicyclic) bond motifs is 1. The summed E-state index contributed by atoms with van der Waals surface area (Å²) >= 11 is 6.02. The maximum Gasteiger partial charge on any atom is 0.254 e. The van der Waals surface area contributed by atoms with Crippen LogP contribution in [0.25, 0.3) is 0 Å². The van der Waals surface area contributed by atoms with Crippen LogP contribution in [0.4, 0.5) is 11.8 Å². The van der Waals surface area contributed by atoms with E-state index in [1.165, 1.54) is 51.4 Å². The van der Waals surface area contributed by atoms with Gasteiger partial charge in [-0.05, 0) is 56.4 Å². The number of benzene rings is 1. The molecular weight excluding hydrogens is 434 g/mol. The van der Waals surface area contributed by atoms with Crippen molar-refractivity contribution in [2.24, 2.45) is 0 Å². The van der Waals surface area contributed by atoms with E-state index in [9.17, 15) is 4.79 Å². The van der Waals surface area contributed by atoms with Gasteiger partial charge in [0.05, 0.1) is 12.2 Å². The number of aromatic nitrogens is 2. The molecule has 7 heteroatoms. The Bertz CT molecular complexity index is 983. The maximum atomic E-state index is 13.2. The minimum Gasteiger partial charge on any atom is -0.356 e. The zero-order valence-electron chi connectivity index (χ0n) is 19.6. The molecule has 0 N–H and O–H groups in total. The number of carbonyl (C=O) groups is 1. The van der Waals surface area contributed by atoms with Crippen LogP contribution < -0.4 is 9.80 Å². The molecule has 3 heterocycles. The number of piperidine rings is 1. The quantitative estimate of drug-likeness (QED) is 0.627. The Morgan fingerprint density at radius 3 is 2.39 bits per heavy atom. The number of amides is 1. The topological polar surface area (TPSA) is 52.6 Å². The zero-order chi connectivity index (χ0) is 22.8. The SMILES string of the molecule is CN(c1nc2c(c(N3CCCCC3)n1)CN(C(=O)c1ccc(Cl)cc1)CC2)C1CCCCC1. The summed E-state index contributed by atoms with van der Waals surface area (Å²) < 4.78 is 0. The zero-order valence-corrected chi connectivity index (χ0v) is 20.4. The van der Waals surface area contributed by atoms with Crippen molar-refractivity contribution in [1.82, 2.24) is 14.9 Å². The van der Waals surface area contributed by atoms with Gasteiger partial charge in [0.2, 0.25) is 5.95 Å². The highest BCUT2D eigenvalue weighted by Gasteiger charge is 2.30. The van der Waals surface area contributed by atoms with Crippen LogP contribution >= 0.6 is 11.6 Å². The summed E-state index contributed by atoms with van der Waals surface area (Å²) in [6, 6.07) is 7.71. The third-order valence-corrected chi connectivity index (χ3v) is 7.75. The first-order valence-electron chi connectivity index (χ1n) is 12.5. The maximum absolute atomic E-state index is 13.2. The van der Waals surface area contributed by atoms with Gasteiger partial charge in [0.1, 0.15) is 5.82 Å². The molecule has 1 amide bonds. The first-order chi connectivity index (χ1) is 16.1.